The molecule has 1 aliphatic heterocycles. The maximum atomic E-state index is 5.54. The Hall–Kier alpha value is -1.99. The minimum absolute atomic E-state index is 0.158. The smallest absolute Gasteiger partial charge is 0.191 e. The second-order valence-electron chi connectivity index (χ2n) is 6.42. The highest BCUT2D eigenvalue weighted by Gasteiger charge is 2.23. The monoisotopic (exact) mass is 378 g/mol. The van der Waals surface area contributed by atoms with Gasteiger partial charge in [0.2, 0.25) is 0 Å². The fourth-order valence-electron chi connectivity index (χ4n) is 3.14. The van der Waals surface area contributed by atoms with Crippen LogP contribution in [0.4, 0.5) is 0 Å². The van der Waals surface area contributed by atoms with Gasteiger partial charge in [-0.25, -0.2) is 0 Å². The third-order valence-electron chi connectivity index (χ3n) is 4.59. The van der Waals surface area contributed by atoms with E-state index in [0.29, 0.717) is 6.54 Å². The summed E-state index contributed by atoms with van der Waals surface area (Å²) in [5.41, 5.74) is 1.17. The van der Waals surface area contributed by atoms with E-state index >= 15 is 0 Å². The van der Waals surface area contributed by atoms with Crippen molar-refractivity contribution in [3.63, 3.8) is 0 Å². The summed E-state index contributed by atoms with van der Waals surface area (Å²) in [5, 5.41) is 6.69. The van der Waals surface area contributed by atoms with Crippen LogP contribution in [0.3, 0.4) is 0 Å². The maximum Gasteiger partial charge on any atom is 0.191 e. The number of aliphatic imine (C=N–C) groups is 1. The van der Waals surface area contributed by atoms with Gasteiger partial charge < -0.3 is 24.8 Å². The minimum Gasteiger partial charge on any atom is -0.493 e. The fourth-order valence-corrected chi connectivity index (χ4v) is 3.14. The van der Waals surface area contributed by atoms with Gasteiger partial charge in [-0.05, 0) is 31.0 Å². The summed E-state index contributed by atoms with van der Waals surface area (Å²) in [7, 11) is 3.32. The second kappa shape index (κ2) is 11.7. The van der Waals surface area contributed by atoms with Crippen LogP contribution in [0.5, 0.6) is 11.5 Å². The van der Waals surface area contributed by atoms with Crippen molar-refractivity contribution in [2.24, 2.45) is 4.99 Å². The third-order valence-corrected chi connectivity index (χ3v) is 4.59. The van der Waals surface area contributed by atoms with Gasteiger partial charge in [0.25, 0.3) is 0 Å². The van der Waals surface area contributed by atoms with Crippen molar-refractivity contribution < 1.29 is 14.2 Å². The molecule has 0 spiro atoms. The molecule has 2 N–H and O–H groups in total. The number of benzene rings is 1. The Labute approximate surface area is 163 Å². The molecule has 1 unspecified atom stereocenters. The first-order valence-electron chi connectivity index (χ1n) is 9.79. The molecule has 0 bridgehead atoms. The summed E-state index contributed by atoms with van der Waals surface area (Å²) >= 11 is 0. The summed E-state index contributed by atoms with van der Waals surface area (Å²) in [6, 6.07) is 6.28. The van der Waals surface area contributed by atoms with E-state index in [1.54, 1.807) is 14.2 Å². The topological polar surface area (TPSA) is 67.4 Å². The van der Waals surface area contributed by atoms with Crippen molar-refractivity contribution >= 4 is 5.96 Å². The predicted octanol–water partition coefficient (Wildman–Crippen LogP) is 2.04. The zero-order chi connectivity index (χ0) is 19.5. The molecule has 0 aromatic heterocycles. The Kier molecular flexibility index (Phi) is 9.21. The van der Waals surface area contributed by atoms with Crippen LogP contribution >= 0.6 is 0 Å². The van der Waals surface area contributed by atoms with Crippen LogP contribution in [0.2, 0.25) is 0 Å². The molecule has 0 amide bonds. The lowest BCUT2D eigenvalue weighted by Gasteiger charge is -2.34. The van der Waals surface area contributed by atoms with Gasteiger partial charge in [-0.1, -0.05) is 13.0 Å². The highest BCUT2D eigenvalue weighted by molar-refractivity contribution is 5.79. The van der Waals surface area contributed by atoms with Gasteiger partial charge in [-0.2, -0.15) is 0 Å². The van der Waals surface area contributed by atoms with Crippen molar-refractivity contribution in [2.75, 3.05) is 60.2 Å². The van der Waals surface area contributed by atoms with Gasteiger partial charge in [0.1, 0.15) is 0 Å². The second-order valence-corrected chi connectivity index (χ2v) is 6.42. The Morgan fingerprint density at radius 1 is 1.15 bits per heavy atom. The first kappa shape index (κ1) is 21.3. The summed E-state index contributed by atoms with van der Waals surface area (Å²) in [6.07, 6.45) is 1.06. The summed E-state index contributed by atoms with van der Waals surface area (Å²) < 4.78 is 16.4. The first-order valence-corrected chi connectivity index (χ1v) is 9.79. The average Bonchev–Trinajstić information content (AvgIpc) is 2.72. The Bertz CT molecular complexity index is 589. The van der Waals surface area contributed by atoms with Gasteiger partial charge in [-0.3, -0.25) is 9.89 Å². The molecular weight excluding hydrogens is 344 g/mol. The van der Waals surface area contributed by atoms with Crippen LogP contribution in [0, 0.1) is 0 Å². The molecule has 0 radical (unpaired) electrons. The molecule has 0 saturated carbocycles. The number of nitrogens with zero attached hydrogens (tertiary/aromatic N) is 2. The van der Waals surface area contributed by atoms with Crippen molar-refractivity contribution in [3.05, 3.63) is 23.8 Å². The number of hydrogen-bond donors (Lipinski definition) is 2. The van der Waals surface area contributed by atoms with E-state index in [1.165, 1.54) is 5.56 Å². The van der Waals surface area contributed by atoms with E-state index in [-0.39, 0.29) is 6.04 Å². The summed E-state index contributed by atoms with van der Waals surface area (Å²) in [5.74, 6) is 2.34. The van der Waals surface area contributed by atoms with Gasteiger partial charge in [-0.15, -0.1) is 0 Å². The molecular formula is C20H34N4O3. The number of morpholine rings is 1. The lowest BCUT2D eigenvalue weighted by atomic mass is 10.0. The van der Waals surface area contributed by atoms with Crippen molar-refractivity contribution in [1.82, 2.24) is 15.5 Å². The van der Waals surface area contributed by atoms with Gasteiger partial charge in [0.15, 0.2) is 17.5 Å². The van der Waals surface area contributed by atoms with Crippen LogP contribution in [-0.2, 0) is 4.74 Å². The summed E-state index contributed by atoms with van der Waals surface area (Å²) in [6.45, 7) is 9.94. The largest absolute Gasteiger partial charge is 0.493 e. The molecule has 1 saturated heterocycles. The van der Waals surface area contributed by atoms with Gasteiger partial charge in [0, 0.05) is 26.2 Å². The van der Waals surface area contributed by atoms with E-state index in [4.69, 9.17) is 19.2 Å². The van der Waals surface area contributed by atoms with Crippen LogP contribution in [0.1, 0.15) is 31.9 Å². The van der Waals surface area contributed by atoms with Gasteiger partial charge >= 0.3 is 0 Å². The van der Waals surface area contributed by atoms with E-state index in [9.17, 15) is 0 Å². The molecule has 1 heterocycles. The number of nitrogens with one attached hydrogen (secondary N) is 2. The number of hydrogen-bond acceptors (Lipinski definition) is 5. The standard InChI is InChI=1S/C20H34N4O3/c1-5-9-22-20(21-6-2)23-15-17(24-10-12-27-13-11-24)16-7-8-18(25-3)19(14-16)26-4/h7-8,14,17H,5-6,9-13,15H2,1-4H3,(H2,21,22,23). The molecule has 1 aromatic carbocycles. The molecule has 1 fully saturated rings. The third kappa shape index (κ3) is 6.29. The number of methoxy groups -OCH3 is 2. The Balaban J connectivity index is 2.25. The fraction of sp³-hybridized carbons (Fsp3) is 0.650. The van der Waals surface area contributed by atoms with Crippen LogP contribution in [0.15, 0.2) is 23.2 Å². The molecule has 0 aliphatic carbocycles. The van der Waals surface area contributed by atoms with Crippen LogP contribution in [0.25, 0.3) is 0 Å². The highest BCUT2D eigenvalue weighted by Crippen LogP contribution is 2.32. The predicted molar refractivity (Wildman–Crippen MR) is 109 cm³/mol. The molecule has 27 heavy (non-hydrogen) atoms. The highest BCUT2D eigenvalue weighted by atomic mass is 16.5. The SMILES string of the molecule is CCCNC(=NCC(c1ccc(OC)c(OC)c1)N1CCOCC1)NCC. The van der Waals surface area contributed by atoms with Crippen molar-refractivity contribution in [3.8, 4) is 11.5 Å². The number of rotatable bonds is 9. The number of guanidine groups is 1. The maximum absolute atomic E-state index is 5.54. The molecule has 7 nitrogen and oxygen atoms in total. The number of ether oxygens (including phenoxy) is 3. The average molecular weight is 379 g/mol. The normalized spacial score (nSPS) is 16.7. The lowest BCUT2D eigenvalue weighted by molar-refractivity contribution is 0.0179. The zero-order valence-electron chi connectivity index (χ0n) is 17.1. The molecule has 7 heteroatoms. The first-order chi connectivity index (χ1) is 13.2. The van der Waals surface area contributed by atoms with Crippen molar-refractivity contribution in [2.45, 2.75) is 26.3 Å². The van der Waals surface area contributed by atoms with Crippen LogP contribution in [-0.4, -0.2) is 71.0 Å². The van der Waals surface area contributed by atoms with E-state index in [0.717, 1.165) is 63.3 Å². The summed E-state index contributed by atoms with van der Waals surface area (Å²) in [4.78, 5) is 7.27. The van der Waals surface area contributed by atoms with E-state index < -0.39 is 0 Å². The zero-order valence-corrected chi connectivity index (χ0v) is 17.1. The van der Waals surface area contributed by atoms with E-state index in [2.05, 4.69) is 41.5 Å². The molecule has 1 aromatic rings. The lowest BCUT2D eigenvalue weighted by Crippen LogP contribution is -2.42. The van der Waals surface area contributed by atoms with Gasteiger partial charge in [0.05, 0.1) is 40.0 Å². The Morgan fingerprint density at radius 3 is 2.52 bits per heavy atom. The molecule has 152 valence electrons. The quantitative estimate of drug-likeness (QED) is 0.506. The minimum atomic E-state index is 0.158. The molecule has 2 rings (SSSR count). The Morgan fingerprint density at radius 2 is 1.89 bits per heavy atom. The van der Waals surface area contributed by atoms with Crippen LogP contribution < -0.4 is 20.1 Å². The van der Waals surface area contributed by atoms with E-state index in [1.807, 2.05) is 6.07 Å². The molecule has 1 aliphatic rings. The van der Waals surface area contributed by atoms with Crippen molar-refractivity contribution in [1.29, 1.82) is 0 Å². The molecule has 1 atom stereocenters.